The molecule has 3 saturated heterocycles. The molecule has 2 amide bonds. The summed E-state index contributed by atoms with van der Waals surface area (Å²) >= 11 is 12.4. The molecule has 1 aliphatic carbocycles. The first-order chi connectivity index (χ1) is 56.6. The van der Waals surface area contributed by atoms with E-state index in [0.717, 1.165) is 130 Å². The summed E-state index contributed by atoms with van der Waals surface area (Å²) in [5.41, 5.74) is 1.62. The Morgan fingerprint density at radius 3 is 1.37 bits per heavy atom. The number of rotatable bonds is 19. The molecule has 0 spiro atoms. The number of piperidine rings is 3. The van der Waals surface area contributed by atoms with Crippen LogP contribution in [-0.2, 0) is 18.9 Å². The van der Waals surface area contributed by atoms with Crippen LogP contribution in [-0.4, -0.2) is 235 Å². The van der Waals surface area contributed by atoms with Crippen molar-refractivity contribution in [3.05, 3.63) is 89.6 Å². The molecule has 120 heavy (non-hydrogen) atoms. The van der Waals surface area contributed by atoms with Gasteiger partial charge in [-0.15, -0.1) is 24.8 Å². The molecule has 0 aromatic carbocycles. The van der Waals surface area contributed by atoms with Gasteiger partial charge in [0.25, 0.3) is 0 Å². The van der Waals surface area contributed by atoms with E-state index in [1.807, 2.05) is 54.7 Å². The molecule has 3 N–H and O–H groups in total. The smallest absolute Gasteiger partial charge is 0.410 e. The highest BCUT2D eigenvalue weighted by molar-refractivity contribution is 9.10. The topological polar surface area (TPSA) is 314 Å². The number of allylic oxidation sites excluding steroid dienone is 1. The number of fused-ring (bicyclic) bond motifs is 3. The highest BCUT2D eigenvalue weighted by Gasteiger charge is 2.34. The maximum Gasteiger partial charge on any atom is 0.410 e. The fourth-order valence-corrected chi connectivity index (χ4v) is 20.2. The van der Waals surface area contributed by atoms with E-state index in [4.69, 9.17) is 53.3 Å². The summed E-state index contributed by atoms with van der Waals surface area (Å²) in [6.07, 6.45) is 24.4. The third-order valence-corrected chi connectivity index (χ3v) is 26.6. The molecule has 16 rings (SSSR count). The maximum absolute atomic E-state index is 13.5. The van der Waals surface area contributed by atoms with Gasteiger partial charge < -0.3 is 68.7 Å². The highest BCUT2D eigenvalue weighted by atomic mass is 79.9. The number of ether oxygens (including phenoxy) is 6. The van der Waals surface area contributed by atoms with Crippen molar-refractivity contribution >= 4 is 172 Å². The molecule has 0 radical (unpaired) electrons. The average molecular weight is 1880 g/mol. The largest absolute Gasteiger partial charge is 0.505 e. The van der Waals surface area contributed by atoms with Crippen molar-refractivity contribution in [1.29, 1.82) is 0 Å². The van der Waals surface area contributed by atoms with Crippen LogP contribution in [0.25, 0.3) is 72.5 Å². The minimum Gasteiger partial charge on any atom is -0.505 e. The van der Waals surface area contributed by atoms with E-state index in [-0.39, 0.29) is 68.2 Å². The van der Waals surface area contributed by atoms with Crippen molar-refractivity contribution in [2.24, 2.45) is 10.9 Å². The number of hydrogen-bond donors (Lipinski definition) is 3. The predicted octanol–water partition coefficient (Wildman–Crippen LogP) is 17.3. The molecule has 2 atom stereocenters. The number of halogens is 6. The number of thiazole rings is 6. The molecular weight excluding hydrogens is 1780 g/mol. The van der Waals surface area contributed by atoms with Crippen LogP contribution in [0, 0.1) is 17.6 Å². The Kier molecular flexibility index (Phi) is 33.9. The second kappa shape index (κ2) is 43.3. The molecule has 11 aromatic rings. The molecule has 11 aromatic heterocycles. The fourth-order valence-electron chi connectivity index (χ4n) is 13.6. The zero-order chi connectivity index (χ0) is 84.0. The van der Waals surface area contributed by atoms with Crippen LogP contribution in [0.3, 0.4) is 0 Å². The molecule has 0 unspecified atom stereocenters. The van der Waals surface area contributed by atoms with Gasteiger partial charge in [-0.1, -0.05) is 94.2 Å². The van der Waals surface area contributed by atoms with Crippen LogP contribution >= 0.6 is 109 Å². The predicted molar refractivity (Wildman–Crippen MR) is 479 cm³/mol. The van der Waals surface area contributed by atoms with Crippen LogP contribution in [0.2, 0.25) is 0 Å². The van der Waals surface area contributed by atoms with Gasteiger partial charge in [0.15, 0.2) is 81.1 Å². The number of carbonyl (C=O) groups is 2. The quantitative estimate of drug-likeness (QED) is 0.0633. The van der Waals surface area contributed by atoms with E-state index in [1.54, 1.807) is 58.0 Å². The van der Waals surface area contributed by atoms with Gasteiger partial charge in [-0.25, -0.2) is 77.0 Å². The molecule has 4 fully saturated rings. The van der Waals surface area contributed by atoms with Crippen molar-refractivity contribution in [3.8, 4) is 60.7 Å². The standard InChI is InChI=1S/C25H30FN7O4S2.C22H28BrN5O4S2.C18H18FN7OS2.C9H19N.C4H4FN.2ClH/c1-25(2,3)37-24(34)32-8-6-16(7-9-32)31(4)23-30-22-21(39-23)29-20(38-22)19-18(36-14-35-5)10-17(12-27-19)33-13-15(26)11-28-33;1-22(2,3)32-21(29)28-8-6-14(7-9-28)27(4)20-26-19-18(34-20)25-17(33-19)16-15(31-12-30-5)10-13(23)11-24-16;1-25(11-2-4-20-5-3-11)18-24-17-16(29-18)23-15(28-17)14-13(27)6-12(8-21-14)26-9-10(19)7-22-26;1-3-8-6-4-5-7-9(8)10-2;5-4-1-2-6-3-4;;/h10-13,16H,6-9,14H2,1-5H3;10-11,14H,6-9,12H2,1-5H3;6-9,11,20,27H,2-5H2,1H3;8-10H,3-7H2,1-2H3;1,3H,2H2;2*1H/t;;;8-,9+;;;/m...1.../s1. The van der Waals surface area contributed by atoms with Gasteiger partial charge in [0.2, 0.25) is 0 Å². The summed E-state index contributed by atoms with van der Waals surface area (Å²) in [6, 6.07) is 6.94. The van der Waals surface area contributed by atoms with E-state index in [0.29, 0.717) is 94.8 Å². The summed E-state index contributed by atoms with van der Waals surface area (Å²) in [4.78, 5) is 85.5. The Balaban J connectivity index is 0.000000172. The Morgan fingerprint density at radius 1 is 0.575 bits per heavy atom. The zero-order valence-corrected chi connectivity index (χ0v) is 77.1. The van der Waals surface area contributed by atoms with Crippen LogP contribution < -0.4 is 34.8 Å². The van der Waals surface area contributed by atoms with Crippen molar-refractivity contribution in [3.63, 3.8) is 0 Å². The third kappa shape index (κ3) is 24.9. The number of hydrogen-bond acceptors (Lipinski definition) is 32. The van der Waals surface area contributed by atoms with Crippen molar-refractivity contribution in [2.45, 2.75) is 154 Å². The summed E-state index contributed by atoms with van der Waals surface area (Å²) in [6.45, 7) is 19.0. The number of carbonyl (C=O) groups excluding carboxylic acids is 2. The Morgan fingerprint density at radius 2 is 0.992 bits per heavy atom. The number of amides is 2. The van der Waals surface area contributed by atoms with E-state index in [2.05, 4.69) is 104 Å². The van der Waals surface area contributed by atoms with Crippen LogP contribution in [0.1, 0.15) is 119 Å². The highest BCUT2D eigenvalue weighted by Crippen LogP contribution is 2.44. The van der Waals surface area contributed by atoms with E-state index >= 15 is 0 Å². The van der Waals surface area contributed by atoms with E-state index in [9.17, 15) is 27.9 Å². The van der Waals surface area contributed by atoms with Gasteiger partial charge in [-0.2, -0.15) is 10.2 Å². The molecule has 42 heteroatoms. The summed E-state index contributed by atoms with van der Waals surface area (Å²) in [5.74, 6) is 0.858. The van der Waals surface area contributed by atoms with Crippen molar-refractivity contribution in [2.75, 3.05) is 117 Å². The SMILES string of the molecule is CC[C@@H]1CCCC[C@@H]1NC.CN(c1nc2sc(-c3ncc(-n4cc(F)cn4)cc3O)nc2s1)C1CCNCC1.COCOc1cc(-n2cc(F)cn2)cnc1-c1nc2sc(N(C)C3CCN(C(=O)OC(C)(C)C)CC3)nc2s1.COCOc1cc(Br)cnc1-c1nc2sc(N(C)C3CCN(C(=O)OC(C)(C)C)CC3)nc2s1.Cl.Cl.FC1=CCN=C1. The molecule has 15 heterocycles. The molecule has 650 valence electrons. The average Bonchev–Trinajstić information content (AvgIpc) is 1.63. The van der Waals surface area contributed by atoms with Crippen molar-refractivity contribution in [1.82, 2.24) is 84.9 Å². The number of likely N-dealkylation sites (tertiary alicyclic amines) is 2. The second-order valence-corrected chi connectivity index (χ2v) is 37.1. The Labute approximate surface area is 739 Å². The lowest BCUT2D eigenvalue weighted by atomic mass is 9.83. The lowest BCUT2D eigenvalue weighted by Crippen LogP contribution is -2.47. The summed E-state index contributed by atoms with van der Waals surface area (Å²) in [5, 5.41) is 29.9. The minimum absolute atomic E-state index is 0. The number of nitrogens with zero attached hydrogens (tertiary/aromatic N) is 19. The minimum atomic E-state index is -0.503. The molecule has 4 aliphatic heterocycles. The molecule has 1 saturated carbocycles. The number of nitrogens with one attached hydrogen (secondary N) is 2. The molecular formula is C78H101BrCl2F3N21O9S6. The van der Waals surface area contributed by atoms with Gasteiger partial charge in [0.05, 0.1) is 61.3 Å². The molecule has 5 aliphatic rings. The second-order valence-electron chi connectivity index (χ2n) is 30.4. The first kappa shape index (κ1) is 94.1. The number of pyridine rings is 3. The Hall–Kier alpha value is -8.13. The monoisotopic (exact) mass is 1870 g/mol. The lowest BCUT2D eigenvalue weighted by molar-refractivity contribution is 0.0195. The van der Waals surface area contributed by atoms with Crippen LogP contribution in [0.4, 0.5) is 38.2 Å². The number of aromatic hydroxyl groups is 1. The van der Waals surface area contributed by atoms with Gasteiger partial charge in [-0.05, 0) is 147 Å². The summed E-state index contributed by atoms with van der Waals surface area (Å²) in [7, 11) is 11.4. The Bertz CT molecular complexity index is 5110. The number of aromatic nitrogens is 13. The maximum atomic E-state index is 13.5. The molecule has 0 bridgehead atoms. The van der Waals surface area contributed by atoms with Crippen molar-refractivity contribution < 1.29 is 56.3 Å². The first-order valence-corrected chi connectivity index (χ1v) is 44.5. The zero-order valence-electron chi connectivity index (χ0n) is 68.9. The number of methoxy groups -OCH3 is 2. The van der Waals surface area contributed by atoms with E-state index < -0.39 is 22.8 Å². The third-order valence-electron chi connectivity index (χ3n) is 19.8. The van der Waals surface area contributed by atoms with Crippen LogP contribution in [0.5, 0.6) is 17.2 Å². The van der Waals surface area contributed by atoms with Gasteiger partial charge >= 0.3 is 12.2 Å². The normalized spacial score (nSPS) is 16.5. The van der Waals surface area contributed by atoms with Gasteiger partial charge in [-0.3, -0.25) is 4.99 Å². The molecule has 30 nitrogen and oxygen atoms in total. The van der Waals surface area contributed by atoms with E-state index in [1.165, 1.54) is 131 Å². The number of anilines is 3. The van der Waals surface area contributed by atoms with Gasteiger partial charge in [0, 0.05) is 109 Å². The fraction of sp³-hybridized carbons (Fsp3) is 0.513. The number of aliphatic imine (C=N–C) groups is 1. The van der Waals surface area contributed by atoms with Gasteiger partial charge in [0.1, 0.15) is 54.9 Å². The first-order valence-electron chi connectivity index (χ1n) is 38.8. The summed E-state index contributed by atoms with van der Waals surface area (Å²) < 4.78 is 74.3. The van der Waals surface area contributed by atoms with Crippen LogP contribution in [0.15, 0.2) is 82.9 Å². The lowest BCUT2D eigenvalue weighted by Gasteiger charge is -2.37.